The lowest BCUT2D eigenvalue weighted by atomic mass is 10.5. The topological polar surface area (TPSA) is 50.7 Å². The molecule has 2 heterocycles. The second-order valence-electron chi connectivity index (χ2n) is 2.83. The zero-order valence-corrected chi connectivity index (χ0v) is 8.58. The van der Waals surface area contributed by atoms with Gasteiger partial charge in [0.05, 0.1) is 29.6 Å². The molecule has 0 radical (unpaired) electrons. The quantitative estimate of drug-likeness (QED) is 0.832. The van der Waals surface area contributed by atoms with Gasteiger partial charge in [-0.3, -0.25) is 0 Å². The van der Waals surface area contributed by atoms with E-state index < -0.39 is 0 Å². The predicted octanol–water partition coefficient (Wildman–Crippen LogP) is 1.85. The van der Waals surface area contributed by atoms with E-state index in [9.17, 15) is 0 Å². The molecule has 2 rings (SSSR count). The van der Waals surface area contributed by atoms with E-state index in [4.69, 9.17) is 0 Å². The summed E-state index contributed by atoms with van der Waals surface area (Å²) in [6.07, 6.45) is 6.90. The lowest BCUT2D eigenvalue weighted by molar-refractivity contribution is 1.11. The maximum absolute atomic E-state index is 4.18. The molecule has 0 aliphatic rings. The van der Waals surface area contributed by atoms with Crippen molar-refractivity contribution >= 4 is 17.0 Å². The normalized spacial score (nSPS) is 10.1. The third-order valence-electron chi connectivity index (χ3n) is 1.70. The summed E-state index contributed by atoms with van der Waals surface area (Å²) in [6.45, 7) is 2.78. The highest BCUT2D eigenvalue weighted by Gasteiger charge is 1.97. The summed E-state index contributed by atoms with van der Waals surface area (Å²) in [6, 6.07) is 0. The highest BCUT2D eigenvalue weighted by Crippen LogP contribution is 2.13. The number of nitrogens with one attached hydrogen (secondary N) is 1. The number of aromatic nitrogens is 3. The zero-order chi connectivity index (χ0) is 9.80. The average Bonchev–Trinajstić information content (AvgIpc) is 2.63. The van der Waals surface area contributed by atoms with Crippen LogP contribution in [0.25, 0.3) is 0 Å². The van der Waals surface area contributed by atoms with Crippen LogP contribution in [-0.2, 0) is 6.54 Å². The Balaban J connectivity index is 1.95. The lowest BCUT2D eigenvalue weighted by Gasteiger charge is -2.01. The van der Waals surface area contributed by atoms with Crippen molar-refractivity contribution in [2.45, 2.75) is 13.5 Å². The number of nitrogens with zero attached hydrogens (tertiary/aromatic N) is 3. The summed E-state index contributed by atoms with van der Waals surface area (Å²) >= 11 is 1.69. The van der Waals surface area contributed by atoms with Crippen molar-refractivity contribution in [2.24, 2.45) is 0 Å². The highest BCUT2D eigenvalue weighted by atomic mass is 32.1. The first-order chi connectivity index (χ1) is 6.84. The van der Waals surface area contributed by atoms with Crippen molar-refractivity contribution in [2.75, 3.05) is 5.32 Å². The molecule has 0 saturated carbocycles. The lowest BCUT2D eigenvalue weighted by Crippen LogP contribution is -1.97. The zero-order valence-electron chi connectivity index (χ0n) is 7.77. The van der Waals surface area contributed by atoms with Gasteiger partial charge in [-0.25, -0.2) is 15.0 Å². The van der Waals surface area contributed by atoms with Crippen LogP contribution in [0.1, 0.15) is 9.88 Å². The van der Waals surface area contributed by atoms with Gasteiger partial charge in [-0.15, -0.1) is 11.3 Å². The molecule has 4 nitrogen and oxygen atoms in total. The number of hydrogen-bond acceptors (Lipinski definition) is 5. The number of thiazole rings is 1. The summed E-state index contributed by atoms with van der Waals surface area (Å²) in [5.41, 5.74) is 0.929. The molecule has 0 unspecified atom stereocenters. The number of aryl methyl sites for hydroxylation is 1. The van der Waals surface area contributed by atoms with Gasteiger partial charge in [0.2, 0.25) is 0 Å². The van der Waals surface area contributed by atoms with E-state index >= 15 is 0 Å². The van der Waals surface area contributed by atoms with Crippen LogP contribution < -0.4 is 5.32 Å². The summed E-state index contributed by atoms with van der Waals surface area (Å²) in [5, 5.41) is 4.31. The Morgan fingerprint density at radius 1 is 1.29 bits per heavy atom. The van der Waals surface area contributed by atoms with Gasteiger partial charge in [-0.1, -0.05) is 0 Å². The van der Waals surface area contributed by atoms with Crippen LogP contribution in [0.5, 0.6) is 0 Å². The fourth-order valence-corrected chi connectivity index (χ4v) is 1.80. The molecule has 0 fully saturated rings. The van der Waals surface area contributed by atoms with Crippen LogP contribution in [-0.4, -0.2) is 15.0 Å². The molecule has 72 valence electrons. The molecular weight excluding hydrogens is 196 g/mol. The average molecular weight is 206 g/mol. The fraction of sp³-hybridized carbons (Fsp3) is 0.222. The molecule has 0 aliphatic carbocycles. The minimum atomic E-state index is 0.777. The Labute approximate surface area is 86.1 Å². The second kappa shape index (κ2) is 4.15. The van der Waals surface area contributed by atoms with Gasteiger partial charge < -0.3 is 5.32 Å². The predicted molar refractivity (Wildman–Crippen MR) is 56.2 cm³/mol. The van der Waals surface area contributed by atoms with E-state index in [1.807, 2.05) is 13.1 Å². The van der Waals surface area contributed by atoms with Crippen LogP contribution in [0.2, 0.25) is 0 Å². The van der Waals surface area contributed by atoms with E-state index in [1.165, 1.54) is 11.2 Å². The SMILES string of the molecule is Cc1ncc(CNc2cncnc2)s1. The molecule has 1 N–H and O–H groups in total. The van der Waals surface area contributed by atoms with Crippen LogP contribution in [0.15, 0.2) is 24.9 Å². The van der Waals surface area contributed by atoms with Gasteiger partial charge in [-0.05, 0) is 6.92 Å². The van der Waals surface area contributed by atoms with Crippen molar-refractivity contribution < 1.29 is 0 Å². The Kier molecular flexibility index (Phi) is 2.69. The van der Waals surface area contributed by atoms with Gasteiger partial charge in [-0.2, -0.15) is 0 Å². The van der Waals surface area contributed by atoms with E-state index in [0.717, 1.165) is 17.2 Å². The van der Waals surface area contributed by atoms with Crippen molar-refractivity contribution in [3.63, 3.8) is 0 Å². The minimum absolute atomic E-state index is 0.777. The molecule has 0 aliphatic heterocycles. The Morgan fingerprint density at radius 3 is 2.71 bits per heavy atom. The van der Waals surface area contributed by atoms with E-state index in [1.54, 1.807) is 23.7 Å². The molecule has 0 aromatic carbocycles. The minimum Gasteiger partial charge on any atom is -0.378 e. The molecule has 2 aromatic rings. The molecule has 0 amide bonds. The standard InChI is InChI=1S/C9H10N4S/c1-7-12-4-9(14-7)5-13-8-2-10-6-11-3-8/h2-4,6,13H,5H2,1H3. The van der Waals surface area contributed by atoms with Crippen molar-refractivity contribution in [3.8, 4) is 0 Å². The van der Waals surface area contributed by atoms with Crippen molar-refractivity contribution in [3.05, 3.63) is 34.8 Å². The largest absolute Gasteiger partial charge is 0.378 e. The molecular formula is C9H10N4S. The molecule has 0 atom stereocenters. The maximum atomic E-state index is 4.18. The molecule has 0 saturated heterocycles. The molecule has 5 heteroatoms. The summed E-state index contributed by atoms with van der Waals surface area (Å²) < 4.78 is 0. The third kappa shape index (κ3) is 2.26. The maximum Gasteiger partial charge on any atom is 0.115 e. The first-order valence-corrected chi connectivity index (χ1v) is 5.06. The monoisotopic (exact) mass is 206 g/mol. The van der Waals surface area contributed by atoms with E-state index in [0.29, 0.717) is 0 Å². The smallest absolute Gasteiger partial charge is 0.115 e. The first-order valence-electron chi connectivity index (χ1n) is 4.25. The van der Waals surface area contributed by atoms with Crippen LogP contribution in [0.3, 0.4) is 0 Å². The van der Waals surface area contributed by atoms with E-state index in [2.05, 4.69) is 20.3 Å². The fourth-order valence-electron chi connectivity index (χ4n) is 1.07. The molecule has 14 heavy (non-hydrogen) atoms. The van der Waals surface area contributed by atoms with Gasteiger partial charge in [0.25, 0.3) is 0 Å². The van der Waals surface area contributed by atoms with Crippen LogP contribution >= 0.6 is 11.3 Å². The molecule has 0 bridgehead atoms. The number of hydrogen-bond donors (Lipinski definition) is 1. The van der Waals surface area contributed by atoms with Gasteiger partial charge in [0.15, 0.2) is 0 Å². The Bertz CT molecular complexity index is 398. The van der Waals surface area contributed by atoms with Gasteiger partial charge in [0, 0.05) is 11.1 Å². The van der Waals surface area contributed by atoms with E-state index in [-0.39, 0.29) is 0 Å². The summed E-state index contributed by atoms with van der Waals surface area (Å²) in [4.78, 5) is 13.2. The van der Waals surface area contributed by atoms with Crippen molar-refractivity contribution in [1.82, 2.24) is 15.0 Å². The summed E-state index contributed by atoms with van der Waals surface area (Å²) in [5.74, 6) is 0. The van der Waals surface area contributed by atoms with Crippen molar-refractivity contribution in [1.29, 1.82) is 0 Å². The second-order valence-corrected chi connectivity index (χ2v) is 4.15. The van der Waals surface area contributed by atoms with Gasteiger partial charge >= 0.3 is 0 Å². The Hall–Kier alpha value is -1.49. The van der Waals surface area contributed by atoms with Crippen LogP contribution in [0.4, 0.5) is 5.69 Å². The first kappa shape index (κ1) is 9.08. The molecule has 2 aromatic heterocycles. The highest BCUT2D eigenvalue weighted by molar-refractivity contribution is 7.11. The molecule has 0 spiro atoms. The van der Waals surface area contributed by atoms with Gasteiger partial charge in [0.1, 0.15) is 6.33 Å². The Morgan fingerprint density at radius 2 is 2.07 bits per heavy atom. The van der Waals surface area contributed by atoms with Crippen LogP contribution in [0, 0.1) is 6.92 Å². The number of anilines is 1. The third-order valence-corrected chi connectivity index (χ3v) is 2.61. The number of rotatable bonds is 3. The summed E-state index contributed by atoms with van der Waals surface area (Å²) in [7, 11) is 0.